The predicted molar refractivity (Wildman–Crippen MR) is 126 cm³/mol. The summed E-state index contributed by atoms with van der Waals surface area (Å²) in [6, 6.07) is 10.8. The Bertz CT molecular complexity index is 1140. The summed E-state index contributed by atoms with van der Waals surface area (Å²) in [5.74, 6) is 0.0662. The molecular weight excluding hydrogens is 438 g/mol. The van der Waals surface area contributed by atoms with Crippen molar-refractivity contribution in [1.82, 2.24) is 15.4 Å². The number of hydrogen-bond acceptors (Lipinski definition) is 8. The van der Waals surface area contributed by atoms with Crippen molar-refractivity contribution in [3.05, 3.63) is 47.5 Å². The third-order valence-electron chi connectivity index (χ3n) is 5.75. The fourth-order valence-electron chi connectivity index (χ4n) is 3.93. The molecule has 1 aromatic heterocycles. The molecule has 1 amide bonds. The molecule has 3 aromatic rings. The number of rotatable bonds is 7. The van der Waals surface area contributed by atoms with Gasteiger partial charge in [0.25, 0.3) is 5.88 Å². The van der Waals surface area contributed by atoms with Crippen LogP contribution in [0.2, 0.25) is 0 Å². The van der Waals surface area contributed by atoms with Crippen LogP contribution in [0.5, 0.6) is 17.4 Å². The van der Waals surface area contributed by atoms with Crippen molar-refractivity contribution in [3.63, 3.8) is 0 Å². The molecule has 180 valence electrons. The Morgan fingerprint density at radius 3 is 2.53 bits per heavy atom. The standard InChI is InChI=1S/C25H29N3O6/c1-3-17-13-19(21(30)14-20(17)29)23-22(24(27-34-23)33-25(31)26-4-2)18-7-5-16(6-8-18)15-28-9-11-32-12-10-28/h5-8,13-14,29-30H,3-4,9-12,15H2,1-2H3,(H,26,31). The van der Waals surface area contributed by atoms with Crippen LogP contribution in [0.3, 0.4) is 0 Å². The maximum Gasteiger partial charge on any atom is 0.414 e. The van der Waals surface area contributed by atoms with Crippen LogP contribution in [-0.2, 0) is 17.7 Å². The number of aromatic nitrogens is 1. The van der Waals surface area contributed by atoms with Crippen LogP contribution in [0.4, 0.5) is 4.79 Å². The number of carbonyl (C=O) groups is 1. The van der Waals surface area contributed by atoms with E-state index in [4.69, 9.17) is 14.0 Å². The van der Waals surface area contributed by atoms with Gasteiger partial charge in [0, 0.05) is 32.2 Å². The number of benzene rings is 2. The number of hydrogen-bond donors (Lipinski definition) is 3. The van der Waals surface area contributed by atoms with Crippen LogP contribution in [-0.4, -0.2) is 59.2 Å². The van der Waals surface area contributed by atoms with E-state index in [-0.39, 0.29) is 23.1 Å². The molecule has 4 rings (SSSR count). The quantitative estimate of drug-likeness (QED) is 0.479. The van der Waals surface area contributed by atoms with Gasteiger partial charge in [-0.05, 0) is 41.3 Å². The van der Waals surface area contributed by atoms with E-state index in [1.807, 2.05) is 31.2 Å². The van der Waals surface area contributed by atoms with Crippen molar-refractivity contribution in [2.24, 2.45) is 0 Å². The maximum absolute atomic E-state index is 12.1. The number of morpholine rings is 1. The molecule has 1 aliphatic heterocycles. The van der Waals surface area contributed by atoms with Gasteiger partial charge in [-0.2, -0.15) is 0 Å². The summed E-state index contributed by atoms with van der Waals surface area (Å²) in [5.41, 5.74) is 3.28. The highest BCUT2D eigenvalue weighted by Crippen LogP contribution is 2.44. The minimum Gasteiger partial charge on any atom is -0.508 e. The van der Waals surface area contributed by atoms with Gasteiger partial charge in [0.1, 0.15) is 11.5 Å². The molecule has 0 unspecified atom stereocenters. The Kier molecular flexibility index (Phi) is 7.34. The number of aryl methyl sites for hydroxylation is 1. The molecule has 9 nitrogen and oxygen atoms in total. The van der Waals surface area contributed by atoms with E-state index < -0.39 is 6.09 Å². The van der Waals surface area contributed by atoms with Gasteiger partial charge in [0.05, 0.1) is 24.3 Å². The first-order valence-electron chi connectivity index (χ1n) is 11.4. The van der Waals surface area contributed by atoms with E-state index >= 15 is 0 Å². The van der Waals surface area contributed by atoms with Gasteiger partial charge in [0.2, 0.25) is 0 Å². The van der Waals surface area contributed by atoms with E-state index in [2.05, 4.69) is 15.4 Å². The second kappa shape index (κ2) is 10.6. The fraction of sp³-hybridized carbons (Fsp3) is 0.360. The second-order valence-corrected chi connectivity index (χ2v) is 8.05. The Labute approximate surface area is 197 Å². The SMILES string of the molecule is CCNC(=O)Oc1noc(-c2cc(CC)c(O)cc2O)c1-c1ccc(CN2CCOCC2)cc1. The minimum atomic E-state index is -0.656. The number of phenolic OH excluding ortho intramolecular Hbond substituents is 2. The zero-order valence-corrected chi connectivity index (χ0v) is 19.3. The molecule has 2 aromatic carbocycles. The molecule has 0 atom stereocenters. The summed E-state index contributed by atoms with van der Waals surface area (Å²) < 4.78 is 16.4. The average Bonchev–Trinajstić information content (AvgIpc) is 3.23. The first-order chi connectivity index (χ1) is 16.5. The normalized spacial score (nSPS) is 14.2. The Morgan fingerprint density at radius 1 is 1.12 bits per heavy atom. The fourth-order valence-corrected chi connectivity index (χ4v) is 3.93. The summed E-state index contributed by atoms with van der Waals surface area (Å²) >= 11 is 0. The van der Waals surface area contributed by atoms with E-state index in [1.165, 1.54) is 6.07 Å². The zero-order valence-electron chi connectivity index (χ0n) is 19.3. The summed E-state index contributed by atoms with van der Waals surface area (Å²) in [4.78, 5) is 14.4. The molecule has 1 saturated heterocycles. The molecule has 0 aliphatic carbocycles. The minimum absolute atomic E-state index is 0.00363. The van der Waals surface area contributed by atoms with E-state index in [1.54, 1.807) is 13.0 Å². The van der Waals surface area contributed by atoms with Crippen LogP contribution < -0.4 is 10.1 Å². The number of amides is 1. The number of phenols is 2. The Morgan fingerprint density at radius 2 is 1.85 bits per heavy atom. The lowest BCUT2D eigenvalue weighted by Crippen LogP contribution is -2.35. The molecule has 3 N–H and O–H groups in total. The number of ether oxygens (including phenoxy) is 2. The molecule has 2 heterocycles. The monoisotopic (exact) mass is 467 g/mol. The van der Waals surface area contributed by atoms with Crippen LogP contribution in [0.25, 0.3) is 22.5 Å². The predicted octanol–water partition coefficient (Wildman–Crippen LogP) is 3.92. The first-order valence-corrected chi connectivity index (χ1v) is 11.4. The van der Waals surface area contributed by atoms with Crippen molar-refractivity contribution in [2.45, 2.75) is 26.8 Å². The number of carbonyl (C=O) groups excluding carboxylic acids is 1. The third-order valence-corrected chi connectivity index (χ3v) is 5.75. The van der Waals surface area contributed by atoms with Crippen LogP contribution >= 0.6 is 0 Å². The van der Waals surface area contributed by atoms with Crippen molar-refractivity contribution in [3.8, 4) is 39.8 Å². The highest BCUT2D eigenvalue weighted by Gasteiger charge is 2.25. The number of nitrogens with zero attached hydrogens (tertiary/aromatic N) is 2. The molecule has 0 bridgehead atoms. The highest BCUT2D eigenvalue weighted by molar-refractivity contribution is 5.87. The molecule has 0 spiro atoms. The molecule has 1 fully saturated rings. The van der Waals surface area contributed by atoms with Gasteiger partial charge in [-0.3, -0.25) is 4.90 Å². The van der Waals surface area contributed by atoms with Gasteiger partial charge in [-0.15, -0.1) is 0 Å². The second-order valence-electron chi connectivity index (χ2n) is 8.05. The van der Waals surface area contributed by atoms with Crippen molar-refractivity contribution >= 4 is 6.09 Å². The Balaban J connectivity index is 1.72. The van der Waals surface area contributed by atoms with Gasteiger partial charge < -0.3 is 29.5 Å². The van der Waals surface area contributed by atoms with E-state index in [0.717, 1.165) is 38.4 Å². The lowest BCUT2D eigenvalue weighted by atomic mass is 9.98. The molecule has 1 aliphatic rings. The van der Waals surface area contributed by atoms with Gasteiger partial charge >= 0.3 is 6.09 Å². The smallest absolute Gasteiger partial charge is 0.414 e. The largest absolute Gasteiger partial charge is 0.508 e. The van der Waals surface area contributed by atoms with Crippen LogP contribution in [0.15, 0.2) is 40.9 Å². The van der Waals surface area contributed by atoms with Gasteiger partial charge in [-0.25, -0.2) is 4.79 Å². The maximum atomic E-state index is 12.1. The van der Waals surface area contributed by atoms with Crippen molar-refractivity contribution in [2.75, 3.05) is 32.8 Å². The molecule has 34 heavy (non-hydrogen) atoms. The lowest BCUT2D eigenvalue weighted by molar-refractivity contribution is 0.0342. The van der Waals surface area contributed by atoms with E-state index in [9.17, 15) is 15.0 Å². The van der Waals surface area contributed by atoms with Gasteiger partial charge in [-0.1, -0.05) is 31.2 Å². The molecular formula is C25H29N3O6. The highest BCUT2D eigenvalue weighted by atomic mass is 16.6. The van der Waals surface area contributed by atoms with Gasteiger partial charge in [0.15, 0.2) is 5.76 Å². The summed E-state index contributed by atoms with van der Waals surface area (Å²) in [6.07, 6.45) is -0.0992. The first kappa shape index (κ1) is 23.6. The number of aromatic hydroxyl groups is 2. The summed E-state index contributed by atoms with van der Waals surface area (Å²) in [7, 11) is 0. The lowest BCUT2D eigenvalue weighted by Gasteiger charge is -2.26. The van der Waals surface area contributed by atoms with Crippen LogP contribution in [0.1, 0.15) is 25.0 Å². The van der Waals surface area contributed by atoms with Crippen molar-refractivity contribution in [1.29, 1.82) is 0 Å². The molecule has 0 radical (unpaired) electrons. The summed E-state index contributed by atoms with van der Waals surface area (Å²) in [5, 5.41) is 27.2. The Hall–Kier alpha value is -3.56. The molecule has 0 saturated carbocycles. The van der Waals surface area contributed by atoms with Crippen molar-refractivity contribution < 1.29 is 29.0 Å². The van der Waals surface area contributed by atoms with Crippen LogP contribution in [0, 0.1) is 0 Å². The molecule has 9 heteroatoms. The third kappa shape index (κ3) is 5.16. The summed E-state index contributed by atoms with van der Waals surface area (Å²) in [6.45, 7) is 8.13. The topological polar surface area (TPSA) is 117 Å². The van der Waals surface area contributed by atoms with E-state index in [0.29, 0.717) is 35.2 Å². The average molecular weight is 468 g/mol. The zero-order chi connectivity index (χ0) is 24.1. The number of nitrogens with one attached hydrogen (secondary N) is 1.